The van der Waals surface area contributed by atoms with Gasteiger partial charge in [0.25, 0.3) is 0 Å². The van der Waals surface area contributed by atoms with Crippen LogP contribution in [0.15, 0.2) is 0 Å². The summed E-state index contributed by atoms with van der Waals surface area (Å²) in [6.45, 7) is 13.9. The molecule has 0 bridgehead atoms. The third-order valence-electron chi connectivity index (χ3n) is 12.5. The van der Waals surface area contributed by atoms with Gasteiger partial charge in [0.2, 0.25) is 0 Å². The summed E-state index contributed by atoms with van der Waals surface area (Å²) in [5.41, 5.74) is 0. The quantitative estimate of drug-likeness (QED) is 0.0269. The Bertz CT molecular complexity index is 1200. The molecule has 380 valence electrons. The lowest BCUT2D eigenvalue weighted by atomic mass is 9.95. The fourth-order valence-electron chi connectivity index (χ4n) is 8.23. The molecule has 1 fully saturated rings. The molecule has 0 aromatic rings. The van der Waals surface area contributed by atoms with E-state index < -0.39 is 18.0 Å². The largest absolute Gasteiger partial charge is 0.465 e. The molecule has 1 heterocycles. The number of carbonyl (C=O) groups is 4. The Morgan fingerprint density at radius 3 is 1.32 bits per heavy atom. The monoisotopic (exact) mass is 957 g/mol. The van der Waals surface area contributed by atoms with Crippen LogP contribution in [0.25, 0.3) is 0 Å². The minimum atomic E-state index is -0.733. The van der Waals surface area contributed by atoms with Crippen molar-refractivity contribution in [1.82, 2.24) is 9.80 Å². The van der Waals surface area contributed by atoms with Crippen molar-refractivity contribution in [2.45, 2.75) is 226 Å². The van der Waals surface area contributed by atoms with Crippen LogP contribution in [0.3, 0.4) is 0 Å². The summed E-state index contributed by atoms with van der Waals surface area (Å²) in [7, 11) is 0. The molecular weight excluding hydrogens is 861 g/mol. The molecule has 0 aromatic carbocycles. The molecule has 3 atom stereocenters. The van der Waals surface area contributed by atoms with Crippen molar-refractivity contribution in [3.8, 4) is 0 Å². The molecule has 0 radical (unpaired) electrons. The number of piperazine rings is 1. The normalized spacial score (nSPS) is 14.4. The second-order valence-electron chi connectivity index (χ2n) is 18.5. The molecule has 1 N–H and O–H groups in total. The highest BCUT2D eigenvalue weighted by molar-refractivity contribution is 8.22. The van der Waals surface area contributed by atoms with Crippen LogP contribution in [0.1, 0.15) is 220 Å². The molecular formula is C52H96N2O9S2. The first-order valence-corrected chi connectivity index (χ1v) is 28.0. The molecule has 1 aliphatic heterocycles. The summed E-state index contributed by atoms with van der Waals surface area (Å²) in [5, 5.41) is 9.20. The molecule has 0 aliphatic carbocycles. The number of carbonyl (C=O) groups excluding carboxylic acids is 4. The average molecular weight is 957 g/mol. The number of hydrogen-bond acceptors (Lipinski definition) is 12. The van der Waals surface area contributed by atoms with Gasteiger partial charge in [-0.15, -0.1) is 0 Å². The van der Waals surface area contributed by atoms with E-state index in [0.29, 0.717) is 48.0 Å². The molecule has 13 heteroatoms. The van der Waals surface area contributed by atoms with E-state index in [1.807, 2.05) is 0 Å². The number of nitrogens with zero attached hydrogens (tertiary/aromatic N) is 2. The van der Waals surface area contributed by atoms with Gasteiger partial charge in [-0.3, -0.25) is 24.1 Å². The summed E-state index contributed by atoms with van der Waals surface area (Å²) in [5.74, 6) is -0.432. The summed E-state index contributed by atoms with van der Waals surface area (Å²) in [6, 6.07) is 0. The average Bonchev–Trinajstić information content (AvgIpc) is 3.30. The van der Waals surface area contributed by atoms with Gasteiger partial charge in [0.05, 0.1) is 13.2 Å². The van der Waals surface area contributed by atoms with Crippen LogP contribution < -0.4 is 0 Å². The van der Waals surface area contributed by atoms with Crippen molar-refractivity contribution in [2.75, 3.05) is 64.9 Å². The SMILES string of the molecule is CCCCCCCCC(CCCCCC)COC(=O)CCCC(=O)OCC(CSC(=S)N1CCN(CCCO)CC1)OC(=O)CCCC(=O)OCC(CCCCCC)CCCCCCC. The van der Waals surface area contributed by atoms with Crippen LogP contribution in [0.5, 0.6) is 0 Å². The fraction of sp³-hybridized carbons (Fsp3) is 0.904. The zero-order valence-corrected chi connectivity index (χ0v) is 43.6. The highest BCUT2D eigenvalue weighted by Gasteiger charge is 2.23. The van der Waals surface area contributed by atoms with Gasteiger partial charge in [-0.05, 0) is 56.8 Å². The molecule has 1 rings (SSSR count). The number of thiocarbonyl (C=S) groups is 1. The molecule has 1 aliphatic rings. The number of hydrogen-bond donors (Lipinski definition) is 1. The maximum absolute atomic E-state index is 13.1. The number of thioether (sulfide) groups is 1. The number of rotatable bonds is 43. The lowest BCUT2D eigenvalue weighted by molar-refractivity contribution is -0.158. The maximum atomic E-state index is 13.1. The maximum Gasteiger partial charge on any atom is 0.306 e. The third kappa shape index (κ3) is 35.8. The van der Waals surface area contributed by atoms with Crippen molar-refractivity contribution >= 4 is 52.2 Å². The van der Waals surface area contributed by atoms with Gasteiger partial charge in [0, 0.05) is 70.8 Å². The first kappa shape index (κ1) is 61.1. The van der Waals surface area contributed by atoms with E-state index >= 15 is 0 Å². The molecule has 11 nitrogen and oxygen atoms in total. The van der Waals surface area contributed by atoms with Gasteiger partial charge in [-0.25, -0.2) is 0 Å². The van der Waals surface area contributed by atoms with Crippen LogP contribution in [0.2, 0.25) is 0 Å². The Morgan fingerprint density at radius 2 is 0.892 bits per heavy atom. The highest BCUT2D eigenvalue weighted by atomic mass is 32.2. The van der Waals surface area contributed by atoms with Gasteiger partial charge in [-0.2, -0.15) is 0 Å². The van der Waals surface area contributed by atoms with Gasteiger partial charge >= 0.3 is 23.9 Å². The lowest BCUT2D eigenvalue weighted by Gasteiger charge is -2.36. The lowest BCUT2D eigenvalue weighted by Crippen LogP contribution is -2.48. The zero-order valence-electron chi connectivity index (χ0n) is 41.9. The Morgan fingerprint density at radius 1 is 0.508 bits per heavy atom. The summed E-state index contributed by atoms with van der Waals surface area (Å²) >= 11 is 7.16. The van der Waals surface area contributed by atoms with Gasteiger partial charge in [-0.1, -0.05) is 174 Å². The minimum absolute atomic E-state index is 0.0446. The van der Waals surface area contributed by atoms with E-state index in [9.17, 15) is 24.3 Å². The van der Waals surface area contributed by atoms with E-state index in [1.54, 1.807) is 0 Å². The van der Waals surface area contributed by atoms with Crippen molar-refractivity contribution in [1.29, 1.82) is 0 Å². The smallest absolute Gasteiger partial charge is 0.306 e. The molecule has 1 saturated heterocycles. The van der Waals surface area contributed by atoms with Crippen LogP contribution in [0, 0.1) is 11.8 Å². The molecule has 0 saturated carbocycles. The number of unbranched alkanes of at least 4 members (excludes halogenated alkanes) is 15. The second-order valence-corrected chi connectivity index (χ2v) is 20.2. The second kappa shape index (κ2) is 43.3. The van der Waals surface area contributed by atoms with Crippen molar-refractivity contribution in [2.24, 2.45) is 11.8 Å². The van der Waals surface area contributed by atoms with E-state index in [2.05, 4.69) is 37.5 Å². The van der Waals surface area contributed by atoms with E-state index in [1.165, 1.54) is 114 Å². The molecule has 65 heavy (non-hydrogen) atoms. The van der Waals surface area contributed by atoms with Crippen LogP contribution in [-0.2, 0) is 38.1 Å². The van der Waals surface area contributed by atoms with Crippen LogP contribution in [-0.4, -0.2) is 114 Å². The van der Waals surface area contributed by atoms with Gasteiger partial charge < -0.3 is 29.0 Å². The van der Waals surface area contributed by atoms with E-state index in [4.69, 9.17) is 31.2 Å². The molecule has 0 spiro atoms. The standard InChI is InChI=1S/C52H96N2O9S2/c1-5-9-13-17-19-23-30-46(28-21-16-12-8-4)42-60-48(56)31-24-32-50(58)62-43-47(44-65-52(64)54-38-36-53(37-39-54)35-26-40-55)63-51(59)34-25-33-49(57)61-41-45(27-20-15-11-7-3)29-22-18-14-10-6-2/h45-47,55H,5-44H2,1-4H3. The van der Waals surface area contributed by atoms with Crippen molar-refractivity contribution in [3.63, 3.8) is 0 Å². The highest BCUT2D eigenvalue weighted by Crippen LogP contribution is 2.22. The summed E-state index contributed by atoms with van der Waals surface area (Å²) < 4.78 is 23.6. The van der Waals surface area contributed by atoms with E-state index in [0.717, 1.165) is 84.1 Å². The number of aliphatic hydroxyl groups excluding tert-OH is 1. The first-order chi connectivity index (χ1) is 31.6. The zero-order chi connectivity index (χ0) is 47.6. The Hall–Kier alpha value is -1.96. The third-order valence-corrected chi connectivity index (χ3v) is 14.1. The fourth-order valence-corrected chi connectivity index (χ4v) is 9.48. The summed E-state index contributed by atoms with van der Waals surface area (Å²) in [4.78, 5) is 55.9. The van der Waals surface area contributed by atoms with Crippen LogP contribution >= 0.6 is 24.0 Å². The number of esters is 4. The van der Waals surface area contributed by atoms with Crippen molar-refractivity contribution < 1.29 is 43.2 Å². The molecule has 0 aromatic heterocycles. The minimum Gasteiger partial charge on any atom is -0.465 e. The van der Waals surface area contributed by atoms with Gasteiger partial charge in [0.1, 0.15) is 17.0 Å². The number of aliphatic hydroxyl groups is 1. The predicted octanol–water partition coefficient (Wildman–Crippen LogP) is 12.2. The van der Waals surface area contributed by atoms with Gasteiger partial charge in [0.15, 0.2) is 0 Å². The predicted molar refractivity (Wildman–Crippen MR) is 271 cm³/mol. The van der Waals surface area contributed by atoms with Crippen LogP contribution in [0.4, 0.5) is 0 Å². The number of ether oxygens (including phenoxy) is 4. The summed E-state index contributed by atoms with van der Waals surface area (Å²) in [6.07, 6.45) is 28.6. The molecule has 0 amide bonds. The van der Waals surface area contributed by atoms with E-state index in [-0.39, 0.29) is 50.8 Å². The molecule has 3 unspecified atom stereocenters. The Kier molecular flexibility index (Phi) is 40.7. The topological polar surface area (TPSA) is 132 Å². The first-order valence-electron chi connectivity index (χ1n) is 26.6. The Labute approximate surface area is 406 Å². The van der Waals surface area contributed by atoms with Crippen molar-refractivity contribution in [3.05, 3.63) is 0 Å². The Balaban J connectivity index is 2.65.